The Hall–Kier alpha value is -3.22. The zero-order valence-corrected chi connectivity index (χ0v) is 15.5. The van der Waals surface area contributed by atoms with E-state index in [9.17, 15) is 13.6 Å². The number of hydrogen-bond donors (Lipinski definition) is 1. The van der Waals surface area contributed by atoms with Crippen LogP contribution >= 0.6 is 0 Å². The molecule has 146 valence electrons. The predicted octanol–water partition coefficient (Wildman–Crippen LogP) is 4.83. The smallest absolute Gasteiger partial charge is 0.303 e. The number of aromatic nitrogens is 1. The van der Waals surface area contributed by atoms with Crippen LogP contribution in [0.4, 0.5) is 8.78 Å². The molecule has 0 fully saturated rings. The van der Waals surface area contributed by atoms with Gasteiger partial charge in [0.2, 0.25) is 0 Å². The summed E-state index contributed by atoms with van der Waals surface area (Å²) >= 11 is 0. The SMILES string of the molecule is Cc1noc(C)c1-c1ccc(F)c(COc2ccc(CCC(=O)O)c(F)c2)c1. The van der Waals surface area contributed by atoms with E-state index in [2.05, 4.69) is 5.16 Å². The number of carboxylic acids is 1. The summed E-state index contributed by atoms with van der Waals surface area (Å²) in [7, 11) is 0. The number of aryl methyl sites for hydroxylation is 3. The summed E-state index contributed by atoms with van der Waals surface area (Å²) in [4.78, 5) is 10.6. The number of hydrogen-bond acceptors (Lipinski definition) is 4. The average Bonchev–Trinajstić information content (AvgIpc) is 2.98. The van der Waals surface area contributed by atoms with Crippen molar-refractivity contribution in [2.75, 3.05) is 0 Å². The molecule has 28 heavy (non-hydrogen) atoms. The minimum Gasteiger partial charge on any atom is -0.489 e. The van der Waals surface area contributed by atoms with Crippen molar-refractivity contribution >= 4 is 5.97 Å². The van der Waals surface area contributed by atoms with Gasteiger partial charge in [0.05, 0.1) is 5.69 Å². The molecule has 0 saturated heterocycles. The number of rotatable bonds is 7. The Morgan fingerprint density at radius 1 is 1.11 bits per heavy atom. The summed E-state index contributed by atoms with van der Waals surface area (Å²) in [6, 6.07) is 8.82. The highest BCUT2D eigenvalue weighted by molar-refractivity contribution is 5.68. The first-order valence-corrected chi connectivity index (χ1v) is 8.70. The molecule has 1 aromatic heterocycles. The predicted molar refractivity (Wildman–Crippen MR) is 98.1 cm³/mol. The summed E-state index contributed by atoms with van der Waals surface area (Å²) in [6.07, 6.45) is -0.0631. The molecule has 5 nitrogen and oxygen atoms in total. The lowest BCUT2D eigenvalue weighted by Crippen LogP contribution is -2.02. The van der Waals surface area contributed by atoms with Crippen molar-refractivity contribution in [1.29, 1.82) is 0 Å². The van der Waals surface area contributed by atoms with Crippen LogP contribution in [-0.2, 0) is 17.8 Å². The lowest BCUT2D eigenvalue weighted by molar-refractivity contribution is -0.136. The Morgan fingerprint density at radius 3 is 2.54 bits per heavy atom. The van der Waals surface area contributed by atoms with Gasteiger partial charge in [-0.1, -0.05) is 17.3 Å². The Morgan fingerprint density at radius 2 is 1.89 bits per heavy atom. The molecule has 3 aromatic rings. The highest BCUT2D eigenvalue weighted by Gasteiger charge is 2.14. The number of aliphatic carboxylic acids is 1. The van der Waals surface area contributed by atoms with Gasteiger partial charge >= 0.3 is 5.97 Å². The molecule has 1 N–H and O–H groups in total. The van der Waals surface area contributed by atoms with Crippen molar-refractivity contribution in [2.24, 2.45) is 0 Å². The zero-order chi connectivity index (χ0) is 20.3. The van der Waals surface area contributed by atoms with Gasteiger partial charge in [-0.15, -0.1) is 0 Å². The van der Waals surface area contributed by atoms with Crippen LogP contribution in [0.2, 0.25) is 0 Å². The van der Waals surface area contributed by atoms with Crippen molar-refractivity contribution in [1.82, 2.24) is 5.16 Å². The van der Waals surface area contributed by atoms with Crippen molar-refractivity contribution in [3.8, 4) is 16.9 Å². The van der Waals surface area contributed by atoms with Crippen LogP contribution in [0.5, 0.6) is 5.75 Å². The Kier molecular flexibility index (Phi) is 5.73. The van der Waals surface area contributed by atoms with Crippen LogP contribution in [0.1, 0.15) is 29.0 Å². The number of halogens is 2. The number of ether oxygens (including phenoxy) is 1. The second-order valence-electron chi connectivity index (χ2n) is 6.44. The minimum atomic E-state index is -0.992. The first-order valence-electron chi connectivity index (χ1n) is 8.70. The molecule has 0 aliphatic heterocycles. The summed E-state index contributed by atoms with van der Waals surface area (Å²) < 4.78 is 39.0. The Labute approximate surface area is 160 Å². The van der Waals surface area contributed by atoms with Gasteiger partial charge in [-0.3, -0.25) is 4.79 Å². The summed E-state index contributed by atoms with van der Waals surface area (Å²) in [5.41, 5.74) is 2.87. The molecular formula is C21H19F2NO4. The normalized spacial score (nSPS) is 10.9. The maximum atomic E-state index is 14.2. The molecule has 0 amide bonds. The van der Waals surface area contributed by atoms with E-state index in [1.165, 1.54) is 24.3 Å². The van der Waals surface area contributed by atoms with Crippen LogP contribution in [0.25, 0.3) is 11.1 Å². The van der Waals surface area contributed by atoms with E-state index in [1.807, 2.05) is 0 Å². The van der Waals surface area contributed by atoms with Gasteiger partial charge in [-0.05, 0) is 49.6 Å². The number of benzene rings is 2. The molecule has 0 radical (unpaired) electrons. The lowest BCUT2D eigenvalue weighted by Gasteiger charge is -2.10. The Balaban J connectivity index is 1.75. The van der Waals surface area contributed by atoms with Gasteiger partial charge in [0.1, 0.15) is 29.8 Å². The number of carbonyl (C=O) groups is 1. The fourth-order valence-electron chi connectivity index (χ4n) is 2.96. The molecule has 2 aromatic carbocycles. The van der Waals surface area contributed by atoms with Gasteiger partial charge in [0.25, 0.3) is 0 Å². The molecule has 0 unspecified atom stereocenters. The third kappa shape index (κ3) is 4.36. The molecule has 1 heterocycles. The van der Waals surface area contributed by atoms with Crippen LogP contribution in [-0.4, -0.2) is 16.2 Å². The van der Waals surface area contributed by atoms with E-state index in [1.54, 1.807) is 26.0 Å². The van der Waals surface area contributed by atoms with E-state index < -0.39 is 17.6 Å². The van der Waals surface area contributed by atoms with Crippen molar-refractivity contribution in [3.05, 3.63) is 70.6 Å². The quantitative estimate of drug-likeness (QED) is 0.628. The van der Waals surface area contributed by atoms with Crippen molar-refractivity contribution in [2.45, 2.75) is 33.3 Å². The number of carboxylic acid groups (broad SMARTS) is 1. The van der Waals surface area contributed by atoms with Crippen LogP contribution in [0.3, 0.4) is 0 Å². The molecule has 0 spiro atoms. The minimum absolute atomic E-state index is 0.0863. The van der Waals surface area contributed by atoms with Gasteiger partial charge in [0, 0.05) is 23.6 Å². The van der Waals surface area contributed by atoms with Gasteiger partial charge < -0.3 is 14.4 Å². The Bertz CT molecular complexity index is 994. The van der Waals surface area contributed by atoms with E-state index in [-0.39, 0.29) is 25.2 Å². The fourth-order valence-corrected chi connectivity index (χ4v) is 2.96. The van der Waals surface area contributed by atoms with E-state index in [0.717, 1.165) is 11.1 Å². The van der Waals surface area contributed by atoms with E-state index in [0.29, 0.717) is 22.6 Å². The van der Waals surface area contributed by atoms with E-state index >= 15 is 0 Å². The molecule has 0 bridgehead atoms. The van der Waals surface area contributed by atoms with Gasteiger partial charge in [-0.25, -0.2) is 8.78 Å². The average molecular weight is 387 g/mol. The van der Waals surface area contributed by atoms with Crippen molar-refractivity contribution < 1.29 is 27.9 Å². The molecule has 0 aliphatic rings. The first kappa shape index (κ1) is 19.5. The fraction of sp³-hybridized carbons (Fsp3) is 0.238. The van der Waals surface area contributed by atoms with Crippen LogP contribution < -0.4 is 4.74 Å². The van der Waals surface area contributed by atoms with Crippen LogP contribution in [0.15, 0.2) is 40.9 Å². The van der Waals surface area contributed by atoms with Gasteiger partial charge in [-0.2, -0.15) is 0 Å². The molecule has 0 saturated carbocycles. The zero-order valence-electron chi connectivity index (χ0n) is 15.5. The molecule has 0 atom stereocenters. The summed E-state index contributed by atoms with van der Waals surface area (Å²) in [6.45, 7) is 3.50. The third-order valence-electron chi connectivity index (χ3n) is 4.39. The monoisotopic (exact) mass is 387 g/mol. The summed E-state index contributed by atoms with van der Waals surface area (Å²) in [5.74, 6) is -1.11. The maximum absolute atomic E-state index is 14.2. The highest BCUT2D eigenvalue weighted by atomic mass is 19.1. The first-order chi connectivity index (χ1) is 13.3. The van der Waals surface area contributed by atoms with E-state index in [4.69, 9.17) is 14.4 Å². The molecule has 3 rings (SSSR count). The van der Waals surface area contributed by atoms with Gasteiger partial charge in [0.15, 0.2) is 0 Å². The molecule has 0 aliphatic carbocycles. The largest absolute Gasteiger partial charge is 0.489 e. The number of nitrogens with zero attached hydrogens (tertiary/aromatic N) is 1. The molecule has 7 heteroatoms. The summed E-state index contributed by atoms with van der Waals surface area (Å²) in [5, 5.41) is 12.6. The topological polar surface area (TPSA) is 72.6 Å². The second kappa shape index (κ2) is 8.21. The lowest BCUT2D eigenvalue weighted by atomic mass is 10.0. The molecular weight excluding hydrogens is 368 g/mol. The third-order valence-corrected chi connectivity index (χ3v) is 4.39. The second-order valence-corrected chi connectivity index (χ2v) is 6.44. The van der Waals surface area contributed by atoms with Crippen LogP contribution in [0, 0.1) is 25.5 Å². The standard InChI is InChI=1S/C21H19F2NO4/c1-12-21(13(2)28-24-12)15-4-7-18(22)16(9-15)11-27-17-6-3-14(19(23)10-17)5-8-20(25)26/h3-4,6-7,9-10H,5,8,11H2,1-2H3,(H,25,26). The maximum Gasteiger partial charge on any atom is 0.303 e. The van der Waals surface area contributed by atoms with Crippen molar-refractivity contribution in [3.63, 3.8) is 0 Å². The highest BCUT2D eigenvalue weighted by Crippen LogP contribution is 2.29.